The van der Waals surface area contributed by atoms with Crippen molar-refractivity contribution in [1.82, 2.24) is 9.29 Å². The van der Waals surface area contributed by atoms with Crippen molar-refractivity contribution in [2.75, 3.05) is 24.5 Å². The van der Waals surface area contributed by atoms with E-state index < -0.39 is 10.0 Å². The number of rotatable bonds is 3. The average molecular weight is 307 g/mol. The largest absolute Gasteiger partial charge is 0.310 e. The van der Waals surface area contributed by atoms with E-state index in [1.54, 1.807) is 27.7 Å². The Bertz CT molecular complexity index is 672. The molecule has 112 valence electrons. The summed E-state index contributed by atoms with van der Waals surface area (Å²) in [4.78, 5) is 18.3. The standard InChI is InChI=1S/C14H17N3O3S/c18-14-13-9-16(21(19,20)12-3-4-12)7-10(13)8-17(14)11-2-1-5-15-6-11/h1-2,5-6,10,12-13H,3-4,7-9H2/t10-,13-/m0/s1. The molecule has 1 aromatic rings. The highest BCUT2D eigenvalue weighted by molar-refractivity contribution is 7.90. The van der Waals surface area contributed by atoms with Crippen molar-refractivity contribution in [1.29, 1.82) is 0 Å². The molecule has 2 atom stereocenters. The van der Waals surface area contributed by atoms with E-state index in [-0.39, 0.29) is 23.0 Å². The van der Waals surface area contributed by atoms with E-state index in [9.17, 15) is 13.2 Å². The summed E-state index contributed by atoms with van der Waals surface area (Å²) in [5.41, 5.74) is 0.800. The summed E-state index contributed by atoms with van der Waals surface area (Å²) >= 11 is 0. The fourth-order valence-corrected chi connectivity index (χ4v) is 5.27. The van der Waals surface area contributed by atoms with Gasteiger partial charge < -0.3 is 4.90 Å². The van der Waals surface area contributed by atoms with Crippen LogP contribution in [-0.4, -0.2) is 48.5 Å². The van der Waals surface area contributed by atoms with E-state index >= 15 is 0 Å². The summed E-state index contributed by atoms with van der Waals surface area (Å²) < 4.78 is 26.1. The zero-order valence-corrected chi connectivity index (χ0v) is 12.4. The average Bonchev–Trinajstić information content (AvgIpc) is 3.19. The molecule has 21 heavy (non-hydrogen) atoms. The van der Waals surface area contributed by atoms with Gasteiger partial charge in [-0.2, -0.15) is 0 Å². The van der Waals surface area contributed by atoms with Crippen molar-refractivity contribution >= 4 is 21.6 Å². The topological polar surface area (TPSA) is 70.6 Å². The highest BCUT2D eigenvalue weighted by atomic mass is 32.2. The van der Waals surface area contributed by atoms with Gasteiger partial charge in [0, 0.05) is 31.7 Å². The number of nitrogens with zero attached hydrogens (tertiary/aromatic N) is 3. The van der Waals surface area contributed by atoms with Crippen molar-refractivity contribution in [2.24, 2.45) is 11.8 Å². The van der Waals surface area contributed by atoms with Crippen molar-refractivity contribution < 1.29 is 13.2 Å². The highest BCUT2D eigenvalue weighted by Gasteiger charge is 2.52. The zero-order valence-electron chi connectivity index (χ0n) is 11.6. The lowest BCUT2D eigenvalue weighted by Crippen LogP contribution is -2.37. The molecule has 1 aromatic heterocycles. The Balaban J connectivity index is 1.53. The monoisotopic (exact) mass is 307 g/mol. The highest BCUT2D eigenvalue weighted by Crippen LogP contribution is 2.39. The fraction of sp³-hybridized carbons (Fsp3) is 0.571. The van der Waals surface area contributed by atoms with Gasteiger partial charge in [0.1, 0.15) is 0 Å². The van der Waals surface area contributed by atoms with Gasteiger partial charge in [0.15, 0.2) is 0 Å². The number of carbonyl (C=O) groups excluding carboxylic acids is 1. The first-order valence-electron chi connectivity index (χ1n) is 7.28. The van der Waals surface area contributed by atoms with Gasteiger partial charge in [-0.05, 0) is 25.0 Å². The molecule has 7 heteroatoms. The Hall–Kier alpha value is -1.47. The number of fused-ring (bicyclic) bond motifs is 1. The molecule has 2 aliphatic heterocycles. The van der Waals surface area contributed by atoms with E-state index in [1.807, 2.05) is 6.07 Å². The predicted molar refractivity (Wildman–Crippen MR) is 77.1 cm³/mol. The Morgan fingerprint density at radius 2 is 2.00 bits per heavy atom. The minimum Gasteiger partial charge on any atom is -0.310 e. The molecule has 4 rings (SSSR count). The molecule has 3 fully saturated rings. The van der Waals surface area contributed by atoms with Gasteiger partial charge in [0.2, 0.25) is 15.9 Å². The maximum absolute atomic E-state index is 12.5. The molecule has 2 saturated heterocycles. The molecule has 6 nitrogen and oxygen atoms in total. The molecule has 0 N–H and O–H groups in total. The molecule has 0 spiro atoms. The molecule has 3 heterocycles. The van der Waals surface area contributed by atoms with Gasteiger partial charge >= 0.3 is 0 Å². The van der Waals surface area contributed by atoms with Crippen LogP contribution in [0, 0.1) is 11.8 Å². The number of hydrogen-bond donors (Lipinski definition) is 0. The zero-order chi connectivity index (χ0) is 14.6. The Kier molecular flexibility index (Phi) is 2.84. The molecular weight excluding hydrogens is 290 g/mol. The molecule has 0 aromatic carbocycles. The Morgan fingerprint density at radius 3 is 2.62 bits per heavy atom. The van der Waals surface area contributed by atoms with Crippen LogP contribution in [0.15, 0.2) is 24.5 Å². The molecule has 1 saturated carbocycles. The second-order valence-corrected chi connectivity index (χ2v) is 8.30. The summed E-state index contributed by atoms with van der Waals surface area (Å²) in [6.45, 7) is 1.41. The second kappa shape index (κ2) is 4.51. The fourth-order valence-electron chi connectivity index (χ4n) is 3.35. The van der Waals surface area contributed by atoms with Crippen LogP contribution in [0.4, 0.5) is 5.69 Å². The maximum Gasteiger partial charge on any atom is 0.231 e. The van der Waals surface area contributed by atoms with E-state index in [0.717, 1.165) is 18.5 Å². The molecule has 0 radical (unpaired) electrons. The number of sulfonamides is 1. The van der Waals surface area contributed by atoms with Crippen LogP contribution in [0.5, 0.6) is 0 Å². The van der Waals surface area contributed by atoms with Crippen molar-refractivity contribution in [3.63, 3.8) is 0 Å². The summed E-state index contributed by atoms with van der Waals surface area (Å²) in [6, 6.07) is 3.67. The first kappa shape index (κ1) is 13.2. The van der Waals surface area contributed by atoms with Crippen molar-refractivity contribution in [2.45, 2.75) is 18.1 Å². The molecule has 1 amide bonds. The maximum atomic E-state index is 12.5. The summed E-state index contributed by atoms with van der Waals surface area (Å²) in [7, 11) is -3.16. The normalized spacial score (nSPS) is 29.9. The quantitative estimate of drug-likeness (QED) is 0.814. The first-order chi connectivity index (χ1) is 10.1. The van der Waals surface area contributed by atoms with Gasteiger partial charge in [-0.25, -0.2) is 12.7 Å². The minimum absolute atomic E-state index is 0.0292. The number of amides is 1. The van der Waals surface area contributed by atoms with E-state index in [0.29, 0.717) is 19.6 Å². The molecule has 0 unspecified atom stereocenters. The summed E-state index contributed by atoms with van der Waals surface area (Å²) in [6.07, 6.45) is 4.89. The number of pyridine rings is 1. The van der Waals surface area contributed by atoms with Crippen molar-refractivity contribution in [3.05, 3.63) is 24.5 Å². The second-order valence-electron chi connectivity index (χ2n) is 6.09. The van der Waals surface area contributed by atoms with Gasteiger partial charge in [0.25, 0.3) is 0 Å². The first-order valence-corrected chi connectivity index (χ1v) is 8.78. The number of anilines is 1. The van der Waals surface area contributed by atoms with Crippen LogP contribution in [0.25, 0.3) is 0 Å². The summed E-state index contributed by atoms with van der Waals surface area (Å²) in [5.74, 6) is -0.0635. The van der Waals surface area contributed by atoms with Crippen LogP contribution >= 0.6 is 0 Å². The Labute approximate surface area is 123 Å². The van der Waals surface area contributed by atoms with Gasteiger partial charge in [0.05, 0.1) is 23.1 Å². The molecule has 3 aliphatic rings. The third-order valence-corrected chi connectivity index (χ3v) is 7.00. The van der Waals surface area contributed by atoms with Crippen LogP contribution in [-0.2, 0) is 14.8 Å². The minimum atomic E-state index is -3.16. The van der Waals surface area contributed by atoms with Gasteiger partial charge in [-0.15, -0.1) is 0 Å². The van der Waals surface area contributed by atoms with Crippen LogP contribution in [0.3, 0.4) is 0 Å². The van der Waals surface area contributed by atoms with E-state index in [4.69, 9.17) is 0 Å². The number of aromatic nitrogens is 1. The van der Waals surface area contributed by atoms with Crippen molar-refractivity contribution in [3.8, 4) is 0 Å². The van der Waals surface area contributed by atoms with E-state index in [1.165, 1.54) is 0 Å². The summed E-state index contributed by atoms with van der Waals surface area (Å²) in [5, 5.41) is -0.194. The molecule has 1 aliphatic carbocycles. The van der Waals surface area contributed by atoms with Crippen LogP contribution < -0.4 is 4.90 Å². The lowest BCUT2D eigenvalue weighted by atomic mass is 10.0. The smallest absolute Gasteiger partial charge is 0.231 e. The lowest BCUT2D eigenvalue weighted by molar-refractivity contribution is -0.120. The Morgan fingerprint density at radius 1 is 1.19 bits per heavy atom. The SMILES string of the molecule is O=C1[C@H]2CN(S(=O)(=O)C3CC3)C[C@H]2CN1c1cccnc1. The van der Waals surface area contributed by atoms with Crippen LogP contribution in [0.2, 0.25) is 0 Å². The van der Waals surface area contributed by atoms with Crippen LogP contribution in [0.1, 0.15) is 12.8 Å². The molecular formula is C14H17N3O3S. The third kappa shape index (κ3) is 2.06. The number of hydrogen-bond acceptors (Lipinski definition) is 4. The van der Waals surface area contributed by atoms with E-state index in [2.05, 4.69) is 4.98 Å². The lowest BCUT2D eigenvalue weighted by Gasteiger charge is -2.21. The number of carbonyl (C=O) groups is 1. The predicted octanol–water partition coefficient (Wildman–Crippen LogP) is 0.468. The molecule has 0 bridgehead atoms. The third-order valence-electron chi connectivity index (χ3n) is 4.67. The van der Waals surface area contributed by atoms with Gasteiger partial charge in [-0.3, -0.25) is 9.78 Å². The van der Waals surface area contributed by atoms with Gasteiger partial charge in [-0.1, -0.05) is 0 Å².